The molecule has 0 saturated carbocycles. The molecule has 3 heterocycles. The molecule has 3 rings (SSSR count). The standard InChI is InChI=1S/C13H11BrN6O/c1-16-12(21)8-6-20(11-2-3-17-13(15)19-11)9-4-10(14)18-5-7(8)9/h2-6H,1H3,(H,16,21)(H2,15,17,19). The van der Waals surface area contributed by atoms with E-state index in [-0.39, 0.29) is 11.9 Å². The number of fused-ring (bicyclic) bond motifs is 1. The molecule has 3 N–H and O–H groups in total. The van der Waals surface area contributed by atoms with Crippen LogP contribution in [0.5, 0.6) is 0 Å². The third kappa shape index (κ3) is 2.33. The minimum atomic E-state index is -0.190. The summed E-state index contributed by atoms with van der Waals surface area (Å²) in [5, 5.41) is 3.35. The Morgan fingerprint density at radius 2 is 2.24 bits per heavy atom. The number of halogens is 1. The first kappa shape index (κ1) is 13.5. The van der Waals surface area contributed by atoms with Crippen LogP contribution in [0.15, 0.2) is 35.3 Å². The number of amides is 1. The van der Waals surface area contributed by atoms with Crippen LogP contribution in [0.1, 0.15) is 10.4 Å². The second-order valence-corrected chi connectivity index (χ2v) is 5.10. The summed E-state index contributed by atoms with van der Waals surface area (Å²) in [5.74, 6) is 0.564. The highest BCUT2D eigenvalue weighted by Crippen LogP contribution is 2.25. The predicted octanol–water partition coefficient (Wildman–Crippen LogP) is 1.52. The number of nitrogens with zero attached hydrogens (tertiary/aromatic N) is 4. The Hall–Kier alpha value is -2.48. The van der Waals surface area contributed by atoms with Crippen molar-refractivity contribution in [2.45, 2.75) is 0 Å². The fraction of sp³-hybridized carbons (Fsp3) is 0.0769. The van der Waals surface area contributed by atoms with Gasteiger partial charge in [-0.2, -0.15) is 4.98 Å². The van der Waals surface area contributed by atoms with E-state index in [1.807, 2.05) is 6.07 Å². The molecule has 106 valence electrons. The Morgan fingerprint density at radius 1 is 1.43 bits per heavy atom. The van der Waals surface area contributed by atoms with Crippen LogP contribution in [-0.2, 0) is 0 Å². The van der Waals surface area contributed by atoms with E-state index in [0.717, 1.165) is 10.9 Å². The molecule has 0 radical (unpaired) electrons. The Balaban J connectivity index is 2.32. The maximum absolute atomic E-state index is 12.0. The van der Waals surface area contributed by atoms with Gasteiger partial charge in [0.15, 0.2) is 0 Å². The first-order chi connectivity index (χ1) is 10.1. The van der Waals surface area contributed by atoms with E-state index in [2.05, 4.69) is 36.2 Å². The zero-order chi connectivity index (χ0) is 15.0. The van der Waals surface area contributed by atoms with Crippen LogP contribution >= 0.6 is 15.9 Å². The van der Waals surface area contributed by atoms with Crippen LogP contribution < -0.4 is 11.1 Å². The second kappa shape index (κ2) is 5.13. The van der Waals surface area contributed by atoms with Crippen molar-refractivity contribution in [3.63, 3.8) is 0 Å². The van der Waals surface area contributed by atoms with Crippen molar-refractivity contribution in [1.29, 1.82) is 0 Å². The summed E-state index contributed by atoms with van der Waals surface area (Å²) < 4.78 is 2.45. The average molecular weight is 347 g/mol. The van der Waals surface area contributed by atoms with Crippen molar-refractivity contribution in [2.24, 2.45) is 0 Å². The second-order valence-electron chi connectivity index (χ2n) is 4.29. The van der Waals surface area contributed by atoms with Gasteiger partial charge >= 0.3 is 0 Å². The van der Waals surface area contributed by atoms with Crippen molar-refractivity contribution < 1.29 is 4.79 Å². The molecule has 0 spiro atoms. The molecule has 0 saturated heterocycles. The van der Waals surface area contributed by atoms with Gasteiger partial charge in [0.1, 0.15) is 10.4 Å². The zero-order valence-electron chi connectivity index (χ0n) is 11.0. The predicted molar refractivity (Wildman–Crippen MR) is 82.2 cm³/mol. The Labute approximate surface area is 128 Å². The van der Waals surface area contributed by atoms with Gasteiger partial charge in [0.2, 0.25) is 5.95 Å². The lowest BCUT2D eigenvalue weighted by Crippen LogP contribution is -2.17. The molecule has 0 aliphatic heterocycles. The molecule has 21 heavy (non-hydrogen) atoms. The third-order valence-electron chi connectivity index (χ3n) is 3.03. The van der Waals surface area contributed by atoms with Crippen molar-refractivity contribution in [3.8, 4) is 5.82 Å². The van der Waals surface area contributed by atoms with Gasteiger partial charge in [0, 0.05) is 31.0 Å². The number of carbonyl (C=O) groups is 1. The normalized spacial score (nSPS) is 10.8. The fourth-order valence-corrected chi connectivity index (χ4v) is 2.42. The van der Waals surface area contributed by atoms with Crippen LogP contribution in [0.2, 0.25) is 0 Å². The topological polar surface area (TPSA) is 98.7 Å². The Morgan fingerprint density at radius 3 is 2.95 bits per heavy atom. The number of nitrogens with two attached hydrogens (primary N) is 1. The van der Waals surface area contributed by atoms with Crippen LogP contribution in [0.3, 0.4) is 0 Å². The molecule has 8 heteroatoms. The van der Waals surface area contributed by atoms with Gasteiger partial charge in [-0.3, -0.25) is 4.79 Å². The van der Waals surface area contributed by atoms with Gasteiger partial charge in [0.05, 0.1) is 11.1 Å². The van der Waals surface area contributed by atoms with Crippen molar-refractivity contribution in [3.05, 3.63) is 40.9 Å². The lowest BCUT2D eigenvalue weighted by molar-refractivity contribution is 0.0964. The van der Waals surface area contributed by atoms with Gasteiger partial charge < -0.3 is 15.6 Å². The summed E-state index contributed by atoms with van der Waals surface area (Å²) in [7, 11) is 1.58. The van der Waals surface area contributed by atoms with E-state index in [1.54, 1.807) is 36.3 Å². The summed E-state index contributed by atoms with van der Waals surface area (Å²) in [4.78, 5) is 24.2. The summed E-state index contributed by atoms with van der Waals surface area (Å²) in [6.07, 6.45) is 4.92. The van der Waals surface area contributed by atoms with Crippen LogP contribution in [-0.4, -0.2) is 32.5 Å². The van der Waals surface area contributed by atoms with Crippen molar-refractivity contribution in [2.75, 3.05) is 12.8 Å². The van der Waals surface area contributed by atoms with E-state index in [4.69, 9.17) is 5.73 Å². The number of hydrogen-bond acceptors (Lipinski definition) is 5. The molecular formula is C13H11BrN6O. The first-order valence-corrected chi connectivity index (χ1v) is 6.87. The highest BCUT2D eigenvalue weighted by molar-refractivity contribution is 9.10. The van der Waals surface area contributed by atoms with E-state index in [9.17, 15) is 4.79 Å². The van der Waals surface area contributed by atoms with Gasteiger partial charge in [-0.05, 0) is 28.1 Å². The molecule has 1 amide bonds. The SMILES string of the molecule is CNC(=O)c1cn(-c2ccnc(N)n2)c2cc(Br)ncc12. The number of aromatic nitrogens is 4. The molecule has 0 unspecified atom stereocenters. The van der Waals surface area contributed by atoms with Crippen molar-refractivity contribution in [1.82, 2.24) is 24.8 Å². The van der Waals surface area contributed by atoms with Crippen LogP contribution in [0.25, 0.3) is 16.7 Å². The Bertz CT molecular complexity index is 844. The number of nitrogen functional groups attached to an aromatic ring is 1. The molecule has 0 aromatic carbocycles. The number of carbonyl (C=O) groups excluding carboxylic acids is 1. The van der Waals surface area contributed by atoms with E-state index >= 15 is 0 Å². The molecule has 0 atom stereocenters. The number of rotatable bonds is 2. The minimum absolute atomic E-state index is 0.170. The number of hydrogen-bond donors (Lipinski definition) is 2. The first-order valence-electron chi connectivity index (χ1n) is 6.07. The zero-order valence-corrected chi connectivity index (χ0v) is 12.6. The molecule has 3 aromatic heterocycles. The highest BCUT2D eigenvalue weighted by Gasteiger charge is 2.16. The lowest BCUT2D eigenvalue weighted by atomic mass is 10.2. The molecule has 7 nitrogen and oxygen atoms in total. The quantitative estimate of drug-likeness (QED) is 0.685. The number of pyridine rings is 1. The van der Waals surface area contributed by atoms with Gasteiger partial charge in [-0.15, -0.1) is 0 Å². The van der Waals surface area contributed by atoms with Crippen LogP contribution in [0.4, 0.5) is 5.95 Å². The number of anilines is 1. The lowest BCUT2D eigenvalue weighted by Gasteiger charge is -2.04. The highest BCUT2D eigenvalue weighted by atomic mass is 79.9. The summed E-state index contributed by atoms with van der Waals surface area (Å²) >= 11 is 3.33. The summed E-state index contributed by atoms with van der Waals surface area (Å²) in [5.41, 5.74) is 6.94. The van der Waals surface area contributed by atoms with E-state index in [1.165, 1.54) is 0 Å². The molecule has 0 aliphatic carbocycles. The third-order valence-corrected chi connectivity index (χ3v) is 3.47. The Kier molecular flexibility index (Phi) is 3.30. The molecule has 0 aliphatic rings. The maximum Gasteiger partial charge on any atom is 0.253 e. The van der Waals surface area contributed by atoms with Gasteiger partial charge in [-0.25, -0.2) is 9.97 Å². The summed E-state index contributed by atoms with van der Waals surface area (Å²) in [6.45, 7) is 0. The van der Waals surface area contributed by atoms with E-state index in [0.29, 0.717) is 16.0 Å². The smallest absolute Gasteiger partial charge is 0.253 e. The fourth-order valence-electron chi connectivity index (χ4n) is 2.10. The molecule has 0 fully saturated rings. The van der Waals surface area contributed by atoms with Crippen molar-refractivity contribution >= 4 is 38.7 Å². The van der Waals surface area contributed by atoms with Gasteiger partial charge in [-0.1, -0.05) is 0 Å². The number of nitrogens with one attached hydrogen (secondary N) is 1. The van der Waals surface area contributed by atoms with Crippen LogP contribution in [0, 0.1) is 0 Å². The van der Waals surface area contributed by atoms with E-state index < -0.39 is 0 Å². The molecular weight excluding hydrogens is 336 g/mol. The van der Waals surface area contributed by atoms with Gasteiger partial charge in [0.25, 0.3) is 5.91 Å². The largest absolute Gasteiger partial charge is 0.368 e. The monoisotopic (exact) mass is 346 g/mol. The minimum Gasteiger partial charge on any atom is -0.368 e. The maximum atomic E-state index is 12.0. The molecule has 3 aromatic rings. The molecule has 0 bridgehead atoms. The average Bonchev–Trinajstić information content (AvgIpc) is 2.85. The summed E-state index contributed by atoms with van der Waals surface area (Å²) in [6, 6.07) is 3.54.